The van der Waals surface area contributed by atoms with Crippen LogP contribution in [0.3, 0.4) is 0 Å². The summed E-state index contributed by atoms with van der Waals surface area (Å²) in [6, 6.07) is -0.830. The van der Waals surface area contributed by atoms with Crippen molar-refractivity contribution in [3.63, 3.8) is 0 Å². The second-order valence-corrected chi connectivity index (χ2v) is 16.5. The molecule has 370 valence electrons. The summed E-state index contributed by atoms with van der Waals surface area (Å²) in [5, 5.41) is 53.8. The summed E-state index contributed by atoms with van der Waals surface area (Å²) < 4.78 is 11.1. The van der Waals surface area contributed by atoms with Gasteiger partial charge in [-0.25, -0.2) is 0 Å². The van der Waals surface area contributed by atoms with Crippen molar-refractivity contribution < 1.29 is 39.8 Å². The van der Waals surface area contributed by atoms with Gasteiger partial charge in [0.1, 0.15) is 24.4 Å². The molecule has 0 spiro atoms. The summed E-state index contributed by atoms with van der Waals surface area (Å²) in [7, 11) is 0. The number of nitrogens with one attached hydrogen (secondary N) is 1. The second-order valence-electron chi connectivity index (χ2n) is 16.5. The standard InChI is InChI=1S/C57H89NO8/c1-3-5-7-9-11-12-13-14-15-16-17-18-19-20-21-22-23-24-25-26-27-28-29-30-31-32-33-34-35-36-37-38-39-40-41-43-45-47-53(61)58-50(51(60)46-44-42-10-8-6-4-2)49-65-57-56(64)55(63)54(62)52(48-59)66-57/h5,7,11-12,14-15,17-18,20-21,23-24,26-27,29-30,32-33,35-36,38-39,44,46,50-52,54-57,59-60,62-64H,3-4,6,8-10,13,16,19,22,25,28,31,34,37,40-43,45,47-49H2,1-2H3,(H,58,61)/b7-5-,12-11-,15-14-,18-17-,21-20-,24-23-,27-26-,30-29-,33-32-,36-35-,39-38-,46-44+. The van der Waals surface area contributed by atoms with Crippen LogP contribution in [0.1, 0.15) is 149 Å². The Morgan fingerprint density at radius 1 is 0.530 bits per heavy atom. The molecule has 1 fully saturated rings. The normalized spacial score (nSPS) is 21.1. The van der Waals surface area contributed by atoms with Gasteiger partial charge in [-0.3, -0.25) is 4.79 Å². The Hall–Kier alpha value is -3.93. The summed E-state index contributed by atoms with van der Waals surface area (Å²) in [4.78, 5) is 12.9. The Labute approximate surface area is 400 Å². The van der Waals surface area contributed by atoms with E-state index in [1.165, 1.54) is 0 Å². The second kappa shape index (κ2) is 44.9. The SMILES string of the molecule is CC/C=C\C/C=C\C/C=C\C/C=C\C/C=C\C/C=C\C/C=C\C/C=C\C/C=C\C/C=C\C/C=C\CCCCCC(=O)NC(COC1OC(CO)C(O)C(O)C1O)C(O)/C=C/CCCCCC. The van der Waals surface area contributed by atoms with E-state index in [2.05, 4.69) is 153 Å². The number of amides is 1. The maximum absolute atomic E-state index is 12.9. The Morgan fingerprint density at radius 3 is 1.36 bits per heavy atom. The molecule has 1 rings (SSSR count). The smallest absolute Gasteiger partial charge is 0.220 e. The van der Waals surface area contributed by atoms with Crippen molar-refractivity contribution >= 4 is 5.91 Å². The van der Waals surface area contributed by atoms with Gasteiger partial charge in [0, 0.05) is 6.42 Å². The molecule has 0 aromatic heterocycles. The molecule has 1 heterocycles. The number of allylic oxidation sites excluding steroid dienone is 23. The van der Waals surface area contributed by atoms with E-state index in [0.717, 1.165) is 122 Å². The molecule has 1 amide bonds. The molecule has 0 aromatic carbocycles. The highest BCUT2D eigenvalue weighted by Crippen LogP contribution is 2.22. The van der Waals surface area contributed by atoms with E-state index in [9.17, 15) is 30.3 Å². The van der Waals surface area contributed by atoms with Crippen LogP contribution in [0.15, 0.2) is 146 Å². The quantitative estimate of drug-likeness (QED) is 0.0264. The molecule has 7 atom stereocenters. The first-order valence-corrected chi connectivity index (χ1v) is 25.1. The summed E-state index contributed by atoms with van der Waals surface area (Å²) in [5.41, 5.74) is 0. The summed E-state index contributed by atoms with van der Waals surface area (Å²) in [5.74, 6) is -0.223. The van der Waals surface area contributed by atoms with Crippen LogP contribution in [-0.2, 0) is 14.3 Å². The predicted octanol–water partition coefficient (Wildman–Crippen LogP) is 11.6. The third-order valence-electron chi connectivity index (χ3n) is 10.7. The van der Waals surface area contributed by atoms with Crippen LogP contribution >= 0.6 is 0 Å². The minimum absolute atomic E-state index is 0.214. The zero-order valence-electron chi connectivity index (χ0n) is 40.6. The van der Waals surface area contributed by atoms with Crippen molar-refractivity contribution in [2.75, 3.05) is 13.2 Å². The minimum Gasteiger partial charge on any atom is -0.394 e. The largest absolute Gasteiger partial charge is 0.394 e. The van der Waals surface area contributed by atoms with Crippen LogP contribution in [0, 0.1) is 0 Å². The van der Waals surface area contributed by atoms with Gasteiger partial charge in [0.05, 0.1) is 25.4 Å². The topological polar surface area (TPSA) is 149 Å². The van der Waals surface area contributed by atoms with E-state index in [4.69, 9.17) is 9.47 Å². The molecule has 1 aliphatic heterocycles. The molecule has 0 aromatic rings. The lowest BCUT2D eigenvalue weighted by Gasteiger charge is -2.40. The van der Waals surface area contributed by atoms with E-state index < -0.39 is 49.5 Å². The van der Waals surface area contributed by atoms with Crippen LogP contribution in [0.5, 0.6) is 0 Å². The zero-order chi connectivity index (χ0) is 48.0. The van der Waals surface area contributed by atoms with Crippen LogP contribution in [0.2, 0.25) is 0 Å². The molecule has 6 N–H and O–H groups in total. The molecule has 66 heavy (non-hydrogen) atoms. The molecule has 1 aliphatic rings. The van der Waals surface area contributed by atoms with E-state index >= 15 is 0 Å². The van der Waals surface area contributed by atoms with Crippen LogP contribution < -0.4 is 5.32 Å². The van der Waals surface area contributed by atoms with E-state index in [1.54, 1.807) is 6.08 Å². The number of ether oxygens (including phenoxy) is 2. The fourth-order valence-corrected chi connectivity index (χ4v) is 6.69. The maximum atomic E-state index is 12.9. The first-order chi connectivity index (χ1) is 32.3. The summed E-state index contributed by atoms with van der Waals surface area (Å²) >= 11 is 0. The van der Waals surface area contributed by atoms with Gasteiger partial charge >= 0.3 is 0 Å². The first-order valence-electron chi connectivity index (χ1n) is 25.1. The highest BCUT2D eigenvalue weighted by molar-refractivity contribution is 5.76. The van der Waals surface area contributed by atoms with E-state index in [0.29, 0.717) is 12.8 Å². The van der Waals surface area contributed by atoms with Gasteiger partial charge in [-0.1, -0.05) is 185 Å². The number of unbranched alkanes of at least 4 members (excludes halogenated alkanes) is 7. The molecule has 0 saturated carbocycles. The van der Waals surface area contributed by atoms with E-state index in [1.807, 2.05) is 6.08 Å². The van der Waals surface area contributed by atoms with Crippen molar-refractivity contribution in [3.8, 4) is 0 Å². The third-order valence-corrected chi connectivity index (χ3v) is 10.7. The fourth-order valence-electron chi connectivity index (χ4n) is 6.69. The summed E-state index contributed by atoms with van der Waals surface area (Å²) in [6.07, 6.45) is 63.8. The lowest BCUT2D eigenvalue weighted by molar-refractivity contribution is -0.302. The number of hydrogen-bond donors (Lipinski definition) is 6. The average molecular weight is 916 g/mol. The van der Waals surface area contributed by atoms with Crippen LogP contribution in [0.4, 0.5) is 0 Å². The number of rotatable bonds is 39. The van der Waals surface area contributed by atoms with Crippen molar-refractivity contribution in [3.05, 3.63) is 146 Å². The third kappa shape index (κ3) is 34.4. The average Bonchev–Trinajstić information content (AvgIpc) is 3.32. The fraction of sp³-hybridized carbons (Fsp3) is 0.561. The monoisotopic (exact) mass is 916 g/mol. The molecular formula is C57H89NO8. The Bertz CT molecular complexity index is 1530. The van der Waals surface area contributed by atoms with Gasteiger partial charge in [-0.05, 0) is 103 Å². The summed E-state index contributed by atoms with van der Waals surface area (Å²) in [6.45, 7) is 3.51. The van der Waals surface area contributed by atoms with Crippen LogP contribution in [0.25, 0.3) is 0 Å². The molecule has 0 aliphatic carbocycles. The molecule has 0 radical (unpaired) electrons. The van der Waals surface area contributed by atoms with Crippen molar-refractivity contribution in [1.82, 2.24) is 5.32 Å². The van der Waals surface area contributed by atoms with Crippen molar-refractivity contribution in [1.29, 1.82) is 0 Å². The van der Waals surface area contributed by atoms with Gasteiger partial charge in [0.2, 0.25) is 5.91 Å². The lowest BCUT2D eigenvalue weighted by atomic mass is 9.99. The first kappa shape index (κ1) is 60.1. The van der Waals surface area contributed by atoms with Gasteiger partial charge in [0.15, 0.2) is 6.29 Å². The highest BCUT2D eigenvalue weighted by Gasteiger charge is 2.44. The van der Waals surface area contributed by atoms with E-state index in [-0.39, 0.29) is 12.5 Å². The predicted molar refractivity (Wildman–Crippen MR) is 276 cm³/mol. The molecule has 9 nitrogen and oxygen atoms in total. The number of hydrogen-bond acceptors (Lipinski definition) is 8. The Morgan fingerprint density at radius 2 is 0.939 bits per heavy atom. The number of aliphatic hydroxyl groups excluding tert-OH is 5. The van der Waals surface area contributed by atoms with Crippen LogP contribution in [-0.4, -0.2) is 87.5 Å². The Balaban J connectivity index is 2.17. The molecular weight excluding hydrogens is 827 g/mol. The van der Waals surface area contributed by atoms with Gasteiger partial charge in [-0.2, -0.15) is 0 Å². The molecule has 7 unspecified atom stereocenters. The zero-order valence-corrected chi connectivity index (χ0v) is 40.6. The highest BCUT2D eigenvalue weighted by atomic mass is 16.7. The number of carbonyl (C=O) groups excluding carboxylic acids is 1. The van der Waals surface area contributed by atoms with Crippen molar-refractivity contribution in [2.45, 2.75) is 192 Å². The molecule has 9 heteroatoms. The number of carbonyl (C=O) groups is 1. The molecule has 0 bridgehead atoms. The minimum atomic E-state index is -1.58. The maximum Gasteiger partial charge on any atom is 0.220 e. The Kier molecular flexibility index (Phi) is 40.9. The van der Waals surface area contributed by atoms with Crippen molar-refractivity contribution in [2.24, 2.45) is 0 Å². The number of aliphatic hydroxyl groups is 5. The van der Waals surface area contributed by atoms with Gasteiger partial charge < -0.3 is 40.3 Å². The molecule has 1 saturated heterocycles. The lowest BCUT2D eigenvalue weighted by Crippen LogP contribution is -2.60. The van der Waals surface area contributed by atoms with Gasteiger partial charge in [-0.15, -0.1) is 0 Å². The van der Waals surface area contributed by atoms with Gasteiger partial charge in [0.25, 0.3) is 0 Å².